The van der Waals surface area contributed by atoms with Crippen molar-refractivity contribution in [2.75, 3.05) is 6.61 Å². The lowest BCUT2D eigenvalue weighted by Crippen LogP contribution is -2.19. The normalized spacial score (nSPS) is 11.4. The third-order valence-electron chi connectivity index (χ3n) is 1.48. The summed E-state index contributed by atoms with van der Waals surface area (Å²) in [4.78, 5) is 0. The van der Waals surface area contributed by atoms with Gasteiger partial charge in [-0.3, -0.25) is 0 Å². The Morgan fingerprint density at radius 2 is 1.71 bits per heavy atom. The molecule has 0 unspecified atom stereocenters. The smallest absolute Gasteiger partial charge is 0.422 e. The highest BCUT2D eigenvalue weighted by Crippen LogP contribution is 2.19. The van der Waals surface area contributed by atoms with Gasteiger partial charge in [-0.05, 0) is 17.7 Å². The first-order chi connectivity index (χ1) is 6.51. The van der Waals surface area contributed by atoms with Crippen LogP contribution in [0.2, 0.25) is 0 Å². The molecule has 1 aromatic rings. The summed E-state index contributed by atoms with van der Waals surface area (Å²) < 4.78 is 39.7. The van der Waals surface area contributed by atoms with Crippen LogP contribution in [0.1, 0.15) is 5.56 Å². The molecule has 0 atom stereocenters. The van der Waals surface area contributed by atoms with Crippen molar-refractivity contribution < 1.29 is 17.9 Å². The molecule has 0 heterocycles. The number of hydrogen-bond donors (Lipinski definition) is 0. The van der Waals surface area contributed by atoms with Gasteiger partial charge < -0.3 is 4.74 Å². The molecule has 14 heavy (non-hydrogen) atoms. The molecule has 0 N–H and O–H groups in total. The second-order valence-electron chi connectivity index (χ2n) is 2.68. The molecule has 0 fully saturated rings. The molecule has 1 aromatic carbocycles. The van der Waals surface area contributed by atoms with E-state index in [-0.39, 0.29) is 5.75 Å². The van der Waals surface area contributed by atoms with Crippen LogP contribution < -0.4 is 4.74 Å². The van der Waals surface area contributed by atoms with Crippen LogP contribution in [0, 0.1) is 0 Å². The maximum absolute atomic E-state index is 11.7. The molecule has 1 nitrogen and oxygen atoms in total. The zero-order chi connectivity index (χ0) is 10.6. The number of hydrogen-bond acceptors (Lipinski definition) is 1. The van der Waals surface area contributed by atoms with Gasteiger partial charge in [-0.25, -0.2) is 0 Å². The van der Waals surface area contributed by atoms with E-state index in [0.29, 0.717) is 5.88 Å². The topological polar surface area (TPSA) is 9.23 Å². The second kappa shape index (κ2) is 4.55. The molecule has 0 spiro atoms. The van der Waals surface area contributed by atoms with E-state index in [1.165, 1.54) is 12.1 Å². The fourth-order valence-corrected chi connectivity index (χ4v) is 1.02. The maximum Gasteiger partial charge on any atom is 0.422 e. The first-order valence-corrected chi connectivity index (χ1v) is 4.39. The largest absolute Gasteiger partial charge is 0.484 e. The van der Waals surface area contributed by atoms with Gasteiger partial charge in [0.05, 0.1) is 0 Å². The standard InChI is InChI=1S/C9H8ClF3O/c10-5-7-1-3-8(4-2-7)14-6-9(11,12)13/h1-4H,5-6H2. The molecule has 0 radical (unpaired) electrons. The number of rotatable bonds is 3. The van der Waals surface area contributed by atoms with Crippen LogP contribution in [0.25, 0.3) is 0 Å². The van der Waals surface area contributed by atoms with Gasteiger partial charge in [-0.2, -0.15) is 13.2 Å². The quantitative estimate of drug-likeness (QED) is 0.716. The Balaban J connectivity index is 2.52. The molecule has 0 amide bonds. The van der Waals surface area contributed by atoms with Gasteiger partial charge in [-0.15, -0.1) is 11.6 Å². The lowest BCUT2D eigenvalue weighted by atomic mass is 10.2. The van der Waals surface area contributed by atoms with Crippen molar-refractivity contribution in [3.05, 3.63) is 29.8 Å². The molecule has 0 saturated carbocycles. The van der Waals surface area contributed by atoms with Gasteiger partial charge in [0.25, 0.3) is 0 Å². The Labute approximate surface area is 84.4 Å². The van der Waals surface area contributed by atoms with E-state index in [9.17, 15) is 13.2 Å². The van der Waals surface area contributed by atoms with Crippen molar-refractivity contribution in [2.45, 2.75) is 12.1 Å². The Morgan fingerprint density at radius 3 is 2.14 bits per heavy atom. The highest BCUT2D eigenvalue weighted by molar-refractivity contribution is 6.17. The van der Waals surface area contributed by atoms with Gasteiger partial charge >= 0.3 is 6.18 Å². The minimum atomic E-state index is -4.30. The van der Waals surface area contributed by atoms with E-state index in [4.69, 9.17) is 11.6 Å². The fraction of sp³-hybridized carbons (Fsp3) is 0.333. The lowest BCUT2D eigenvalue weighted by Gasteiger charge is -2.08. The molecule has 1 rings (SSSR count). The molecule has 0 aliphatic carbocycles. The number of alkyl halides is 4. The second-order valence-corrected chi connectivity index (χ2v) is 2.95. The van der Waals surface area contributed by atoms with E-state index in [0.717, 1.165) is 5.56 Å². The average Bonchev–Trinajstić information content (AvgIpc) is 2.14. The minimum Gasteiger partial charge on any atom is -0.484 e. The number of ether oxygens (including phenoxy) is 1. The molecule has 0 aliphatic heterocycles. The minimum absolute atomic E-state index is 0.191. The SMILES string of the molecule is FC(F)(F)COc1ccc(CCl)cc1. The molecule has 0 bridgehead atoms. The van der Waals surface area contributed by atoms with E-state index in [1.807, 2.05) is 0 Å². The number of halogens is 4. The average molecular weight is 225 g/mol. The van der Waals surface area contributed by atoms with Crippen molar-refractivity contribution in [2.24, 2.45) is 0 Å². The van der Waals surface area contributed by atoms with Gasteiger partial charge in [0.1, 0.15) is 5.75 Å². The highest BCUT2D eigenvalue weighted by Gasteiger charge is 2.28. The molecular formula is C9H8ClF3O. The third-order valence-corrected chi connectivity index (χ3v) is 1.79. The summed E-state index contributed by atoms with van der Waals surface area (Å²) in [7, 11) is 0. The predicted molar refractivity (Wildman–Crippen MR) is 47.5 cm³/mol. The van der Waals surface area contributed by atoms with Crippen LogP contribution in [-0.4, -0.2) is 12.8 Å². The predicted octanol–water partition coefficient (Wildman–Crippen LogP) is 3.37. The first-order valence-electron chi connectivity index (χ1n) is 3.86. The van der Waals surface area contributed by atoms with Gasteiger partial charge in [0.2, 0.25) is 0 Å². The Hall–Kier alpha value is -0.900. The molecule has 0 aliphatic rings. The van der Waals surface area contributed by atoms with Crippen molar-refractivity contribution in [1.82, 2.24) is 0 Å². The molecule has 78 valence electrons. The Kier molecular flexibility index (Phi) is 3.63. The Morgan fingerprint density at radius 1 is 1.14 bits per heavy atom. The molecular weight excluding hydrogens is 217 g/mol. The van der Waals surface area contributed by atoms with Crippen LogP contribution >= 0.6 is 11.6 Å². The van der Waals surface area contributed by atoms with Gasteiger partial charge in [0.15, 0.2) is 6.61 Å². The summed E-state index contributed by atoms with van der Waals surface area (Å²) in [6.45, 7) is -1.27. The van der Waals surface area contributed by atoms with Gasteiger partial charge in [0, 0.05) is 5.88 Å². The summed E-state index contributed by atoms with van der Waals surface area (Å²) in [6.07, 6.45) is -4.30. The zero-order valence-electron chi connectivity index (χ0n) is 7.14. The maximum atomic E-state index is 11.7. The van der Waals surface area contributed by atoms with Crippen LogP contribution in [-0.2, 0) is 5.88 Å². The lowest BCUT2D eigenvalue weighted by molar-refractivity contribution is -0.153. The molecule has 0 saturated heterocycles. The molecule has 0 aromatic heterocycles. The monoisotopic (exact) mass is 224 g/mol. The van der Waals surface area contributed by atoms with Crippen LogP contribution in [0.5, 0.6) is 5.75 Å². The number of benzene rings is 1. The summed E-state index contributed by atoms with van der Waals surface area (Å²) >= 11 is 5.51. The van der Waals surface area contributed by atoms with Crippen molar-refractivity contribution in [3.63, 3.8) is 0 Å². The molecule has 5 heteroatoms. The Bertz CT molecular complexity index is 281. The third kappa shape index (κ3) is 3.87. The fourth-order valence-electron chi connectivity index (χ4n) is 0.840. The van der Waals surface area contributed by atoms with Crippen LogP contribution in [0.3, 0.4) is 0 Å². The van der Waals surface area contributed by atoms with E-state index < -0.39 is 12.8 Å². The van der Waals surface area contributed by atoms with Crippen molar-refractivity contribution in [1.29, 1.82) is 0 Å². The van der Waals surface area contributed by atoms with Gasteiger partial charge in [-0.1, -0.05) is 12.1 Å². The summed E-state index contributed by atoms with van der Waals surface area (Å²) in [5.74, 6) is 0.524. The van der Waals surface area contributed by atoms with Crippen molar-refractivity contribution in [3.8, 4) is 5.75 Å². The summed E-state index contributed by atoms with van der Waals surface area (Å²) in [5, 5.41) is 0. The van der Waals surface area contributed by atoms with Crippen LogP contribution in [0.4, 0.5) is 13.2 Å². The van der Waals surface area contributed by atoms with Crippen LogP contribution in [0.15, 0.2) is 24.3 Å². The van der Waals surface area contributed by atoms with E-state index in [2.05, 4.69) is 4.74 Å². The zero-order valence-corrected chi connectivity index (χ0v) is 7.90. The summed E-state index contributed by atoms with van der Waals surface area (Å²) in [6, 6.07) is 6.17. The van der Waals surface area contributed by atoms with E-state index in [1.54, 1.807) is 12.1 Å². The van der Waals surface area contributed by atoms with E-state index >= 15 is 0 Å². The summed E-state index contributed by atoms with van der Waals surface area (Å²) in [5.41, 5.74) is 0.839. The first kappa shape index (κ1) is 11.2. The van der Waals surface area contributed by atoms with Crippen molar-refractivity contribution >= 4 is 11.6 Å². The highest BCUT2D eigenvalue weighted by atomic mass is 35.5.